The number of carbonyl (C=O) groups is 1. The Morgan fingerprint density at radius 3 is 2.49 bits per heavy atom. The Bertz CT molecular complexity index is 1370. The number of anilines is 1. The molecule has 4 rings (SSSR count). The van der Waals surface area contributed by atoms with Gasteiger partial charge < -0.3 is 4.90 Å². The fourth-order valence-corrected chi connectivity index (χ4v) is 4.33. The van der Waals surface area contributed by atoms with Gasteiger partial charge in [0, 0.05) is 23.9 Å². The molecular formula is C26H21F2N5OS. The lowest BCUT2D eigenvalue weighted by Gasteiger charge is -2.22. The van der Waals surface area contributed by atoms with Crippen LogP contribution in [0, 0.1) is 29.9 Å². The van der Waals surface area contributed by atoms with Crippen LogP contribution in [0.2, 0.25) is 0 Å². The summed E-state index contributed by atoms with van der Waals surface area (Å²) in [4.78, 5) is 14.7. The minimum absolute atomic E-state index is 0.0188. The average Bonchev–Trinajstić information content (AvgIpc) is 3.28. The van der Waals surface area contributed by atoms with E-state index in [1.165, 1.54) is 10.6 Å². The first-order valence-electron chi connectivity index (χ1n) is 10.8. The molecule has 0 unspecified atom stereocenters. The van der Waals surface area contributed by atoms with Gasteiger partial charge in [0.25, 0.3) is 0 Å². The van der Waals surface area contributed by atoms with E-state index in [0.717, 1.165) is 29.5 Å². The number of rotatable bonds is 8. The van der Waals surface area contributed by atoms with Crippen molar-refractivity contribution in [2.75, 3.05) is 17.2 Å². The van der Waals surface area contributed by atoms with Gasteiger partial charge >= 0.3 is 0 Å². The number of aryl methyl sites for hydroxylation is 1. The van der Waals surface area contributed by atoms with Crippen LogP contribution in [0.3, 0.4) is 0 Å². The Morgan fingerprint density at radius 1 is 1.06 bits per heavy atom. The van der Waals surface area contributed by atoms with Gasteiger partial charge in [0.05, 0.1) is 23.9 Å². The van der Waals surface area contributed by atoms with Crippen molar-refractivity contribution in [1.29, 1.82) is 5.26 Å². The smallest absolute Gasteiger partial charge is 0.237 e. The van der Waals surface area contributed by atoms with E-state index in [1.807, 2.05) is 61.5 Å². The van der Waals surface area contributed by atoms with Crippen molar-refractivity contribution in [3.8, 4) is 23.1 Å². The summed E-state index contributed by atoms with van der Waals surface area (Å²) in [7, 11) is 0. The SMILES string of the molecule is Cc1ccc(N(CCC#N)C(=O)CSc2nnc(-c3ccccc3)n2-c2ccc(F)cc2F)cc1. The maximum absolute atomic E-state index is 14.8. The Labute approximate surface area is 205 Å². The summed E-state index contributed by atoms with van der Waals surface area (Å²) in [6, 6.07) is 21.9. The highest BCUT2D eigenvalue weighted by Crippen LogP contribution is 2.30. The van der Waals surface area contributed by atoms with Crippen LogP contribution in [0.4, 0.5) is 14.5 Å². The lowest BCUT2D eigenvalue weighted by atomic mass is 10.2. The van der Waals surface area contributed by atoms with Crippen LogP contribution in [0.25, 0.3) is 17.1 Å². The second-order valence-corrected chi connectivity index (χ2v) is 8.62. The molecule has 0 saturated carbocycles. The molecule has 0 aliphatic carbocycles. The molecule has 1 heterocycles. The highest BCUT2D eigenvalue weighted by Gasteiger charge is 2.22. The summed E-state index contributed by atoms with van der Waals surface area (Å²) >= 11 is 1.09. The van der Waals surface area contributed by atoms with Gasteiger partial charge in [0.15, 0.2) is 11.0 Å². The summed E-state index contributed by atoms with van der Waals surface area (Å²) in [6.45, 7) is 2.19. The molecule has 0 spiro atoms. The molecule has 0 N–H and O–H groups in total. The van der Waals surface area contributed by atoms with Gasteiger partial charge in [-0.3, -0.25) is 9.36 Å². The van der Waals surface area contributed by atoms with Crippen molar-refractivity contribution in [1.82, 2.24) is 14.8 Å². The van der Waals surface area contributed by atoms with E-state index in [-0.39, 0.29) is 35.5 Å². The molecule has 0 atom stereocenters. The highest BCUT2D eigenvalue weighted by molar-refractivity contribution is 7.99. The Morgan fingerprint density at radius 2 is 1.80 bits per heavy atom. The molecule has 3 aromatic carbocycles. The van der Waals surface area contributed by atoms with Crippen LogP contribution in [-0.4, -0.2) is 33.0 Å². The normalized spacial score (nSPS) is 10.7. The fraction of sp³-hybridized carbons (Fsp3) is 0.154. The highest BCUT2D eigenvalue weighted by atomic mass is 32.2. The third-order valence-corrected chi connectivity index (χ3v) is 6.15. The topological polar surface area (TPSA) is 74.8 Å². The molecule has 0 saturated heterocycles. The number of carbonyl (C=O) groups excluding carboxylic acids is 1. The maximum Gasteiger partial charge on any atom is 0.237 e. The van der Waals surface area contributed by atoms with E-state index in [0.29, 0.717) is 17.1 Å². The molecule has 6 nitrogen and oxygen atoms in total. The molecule has 0 aliphatic rings. The molecule has 0 fully saturated rings. The van der Waals surface area contributed by atoms with Crippen LogP contribution >= 0.6 is 11.8 Å². The van der Waals surface area contributed by atoms with E-state index >= 15 is 0 Å². The summed E-state index contributed by atoms with van der Waals surface area (Å²) in [6.07, 6.45) is 0.180. The number of nitriles is 1. The zero-order valence-electron chi connectivity index (χ0n) is 18.9. The lowest BCUT2D eigenvalue weighted by Crippen LogP contribution is -2.33. The van der Waals surface area contributed by atoms with Crippen LogP contribution in [0.5, 0.6) is 0 Å². The van der Waals surface area contributed by atoms with Crippen LogP contribution in [0.1, 0.15) is 12.0 Å². The van der Waals surface area contributed by atoms with Crippen molar-refractivity contribution in [2.24, 2.45) is 0 Å². The van der Waals surface area contributed by atoms with E-state index in [4.69, 9.17) is 5.26 Å². The summed E-state index contributed by atoms with van der Waals surface area (Å²) in [5.41, 5.74) is 2.51. The minimum Gasteiger partial charge on any atom is -0.311 e. The van der Waals surface area contributed by atoms with Crippen molar-refractivity contribution in [3.05, 3.63) is 90.0 Å². The number of benzene rings is 3. The van der Waals surface area contributed by atoms with Crippen LogP contribution < -0.4 is 4.90 Å². The quantitative estimate of drug-likeness (QED) is 0.303. The Kier molecular flexibility index (Phi) is 7.53. The van der Waals surface area contributed by atoms with Crippen molar-refractivity contribution in [2.45, 2.75) is 18.5 Å². The molecule has 9 heteroatoms. The maximum atomic E-state index is 14.8. The number of aromatic nitrogens is 3. The van der Waals surface area contributed by atoms with Gasteiger partial charge in [-0.05, 0) is 31.2 Å². The molecule has 0 bridgehead atoms. The second-order valence-electron chi connectivity index (χ2n) is 7.68. The molecule has 0 radical (unpaired) electrons. The number of amides is 1. The first-order valence-corrected chi connectivity index (χ1v) is 11.8. The fourth-order valence-electron chi connectivity index (χ4n) is 3.51. The average molecular weight is 490 g/mol. The van der Waals surface area contributed by atoms with Crippen molar-refractivity contribution in [3.63, 3.8) is 0 Å². The van der Waals surface area contributed by atoms with Gasteiger partial charge in [0.1, 0.15) is 11.6 Å². The Balaban J connectivity index is 1.65. The third-order valence-electron chi connectivity index (χ3n) is 5.23. The number of halogens is 2. The first kappa shape index (κ1) is 24.1. The van der Waals surface area contributed by atoms with Crippen molar-refractivity contribution < 1.29 is 13.6 Å². The zero-order chi connectivity index (χ0) is 24.8. The second kappa shape index (κ2) is 10.9. The largest absolute Gasteiger partial charge is 0.311 e. The molecule has 1 amide bonds. The molecule has 176 valence electrons. The van der Waals surface area contributed by atoms with Crippen molar-refractivity contribution >= 4 is 23.4 Å². The van der Waals surface area contributed by atoms with Gasteiger partial charge in [0.2, 0.25) is 5.91 Å². The molecule has 0 aliphatic heterocycles. The van der Waals surface area contributed by atoms with E-state index in [1.54, 1.807) is 4.90 Å². The summed E-state index contributed by atoms with van der Waals surface area (Å²) in [5.74, 6) is -1.35. The lowest BCUT2D eigenvalue weighted by molar-refractivity contribution is -0.116. The zero-order valence-corrected chi connectivity index (χ0v) is 19.7. The number of thioether (sulfide) groups is 1. The van der Waals surface area contributed by atoms with Crippen LogP contribution in [-0.2, 0) is 4.79 Å². The predicted octanol–water partition coefficient (Wildman–Crippen LogP) is 5.56. The van der Waals surface area contributed by atoms with Gasteiger partial charge in [-0.2, -0.15) is 5.26 Å². The number of hydrogen-bond acceptors (Lipinski definition) is 5. The first-order chi connectivity index (χ1) is 17.0. The molecule has 4 aromatic rings. The number of nitrogens with zero attached hydrogens (tertiary/aromatic N) is 5. The van der Waals surface area contributed by atoms with Gasteiger partial charge in [-0.1, -0.05) is 59.8 Å². The number of hydrogen-bond donors (Lipinski definition) is 0. The third kappa shape index (κ3) is 5.55. The predicted molar refractivity (Wildman–Crippen MR) is 131 cm³/mol. The standard InChI is InChI=1S/C26H21F2N5OS/c1-18-8-11-21(12-9-18)32(15-5-14-29)24(34)17-35-26-31-30-25(19-6-3-2-4-7-19)33(26)23-13-10-20(27)16-22(23)28/h2-4,6-13,16H,5,15,17H2,1H3. The monoisotopic (exact) mass is 489 g/mol. The summed E-state index contributed by atoms with van der Waals surface area (Å²) in [5, 5.41) is 17.8. The van der Waals surface area contributed by atoms with E-state index < -0.39 is 11.6 Å². The molecular weight excluding hydrogens is 468 g/mol. The van der Waals surface area contributed by atoms with E-state index in [9.17, 15) is 13.6 Å². The van der Waals surface area contributed by atoms with Gasteiger partial charge in [-0.15, -0.1) is 10.2 Å². The van der Waals surface area contributed by atoms with Gasteiger partial charge in [-0.25, -0.2) is 8.78 Å². The summed E-state index contributed by atoms with van der Waals surface area (Å²) < 4.78 is 29.8. The minimum atomic E-state index is -0.773. The Hall–Kier alpha value is -4.03. The van der Waals surface area contributed by atoms with E-state index in [2.05, 4.69) is 16.3 Å². The molecule has 1 aromatic heterocycles. The molecule has 35 heavy (non-hydrogen) atoms. The van der Waals surface area contributed by atoms with Crippen LogP contribution in [0.15, 0.2) is 78.0 Å².